The van der Waals surface area contributed by atoms with Crippen molar-refractivity contribution in [2.75, 3.05) is 6.26 Å². The number of aromatic nitrogens is 4. The fraction of sp³-hybridized carbons (Fsp3) is 0.278. The van der Waals surface area contributed by atoms with Crippen molar-refractivity contribution in [2.45, 2.75) is 31.8 Å². The molecular weight excluding hydrogens is 368 g/mol. The first-order valence-electron chi connectivity index (χ1n) is 8.22. The zero-order valence-corrected chi connectivity index (χ0v) is 16.2. The molecule has 1 N–H and O–H groups in total. The monoisotopic (exact) mass is 390 g/mol. The third-order valence-corrected chi connectivity index (χ3v) is 4.77. The van der Waals surface area contributed by atoms with Crippen LogP contribution in [0.1, 0.15) is 19.5 Å². The zero-order valence-electron chi connectivity index (χ0n) is 15.4. The van der Waals surface area contributed by atoms with Gasteiger partial charge in [0.1, 0.15) is 5.82 Å². The molecular formula is C18H22N4O4S. The van der Waals surface area contributed by atoms with Gasteiger partial charge in [0.2, 0.25) is 0 Å². The highest BCUT2D eigenvalue weighted by atomic mass is 32.2. The summed E-state index contributed by atoms with van der Waals surface area (Å²) in [6.45, 7) is 4.66. The Labute approximate surface area is 158 Å². The molecule has 8 nitrogen and oxygen atoms in total. The number of carbonyl (C=O) groups is 1. The number of carboxylic acids is 1. The largest absolute Gasteiger partial charge is 0.481 e. The van der Waals surface area contributed by atoms with Gasteiger partial charge in [-0.15, -0.1) is 0 Å². The first-order valence-corrected chi connectivity index (χ1v) is 10.1. The predicted octanol–water partition coefficient (Wildman–Crippen LogP) is 2.31. The van der Waals surface area contributed by atoms with Crippen molar-refractivity contribution in [2.24, 2.45) is 0 Å². The average molecular weight is 390 g/mol. The van der Waals surface area contributed by atoms with E-state index in [2.05, 4.69) is 16.9 Å². The van der Waals surface area contributed by atoms with Gasteiger partial charge in [-0.05, 0) is 31.2 Å². The number of nitrogens with zero attached hydrogens (tertiary/aromatic N) is 4. The molecule has 0 radical (unpaired) electrons. The Kier molecular flexibility index (Phi) is 6.51. The van der Waals surface area contributed by atoms with E-state index in [1.807, 2.05) is 27.9 Å². The first kappa shape index (κ1) is 20.4. The molecule has 0 saturated carbocycles. The smallest absolute Gasteiger partial charge is 0.300 e. The number of imidazole rings is 2. The number of benzene rings is 1. The van der Waals surface area contributed by atoms with Crippen LogP contribution in [0.15, 0.2) is 54.1 Å². The molecule has 144 valence electrons. The van der Waals surface area contributed by atoms with Crippen molar-refractivity contribution in [3.8, 4) is 11.4 Å². The highest BCUT2D eigenvalue weighted by molar-refractivity contribution is 7.90. The molecule has 2 aromatic heterocycles. The van der Waals surface area contributed by atoms with Crippen LogP contribution in [0.5, 0.6) is 0 Å². The van der Waals surface area contributed by atoms with E-state index in [0.29, 0.717) is 11.4 Å². The topological polar surface area (TPSA) is 107 Å². The molecule has 9 heteroatoms. The molecule has 3 aromatic rings. The molecule has 0 amide bonds. The van der Waals surface area contributed by atoms with Crippen LogP contribution < -0.4 is 0 Å². The number of hydrogen-bond donors (Lipinski definition) is 1. The second kappa shape index (κ2) is 8.63. The number of aryl methyl sites for hydroxylation is 1. The molecule has 2 heterocycles. The van der Waals surface area contributed by atoms with E-state index in [9.17, 15) is 8.42 Å². The van der Waals surface area contributed by atoms with Crippen LogP contribution in [0, 0.1) is 0 Å². The van der Waals surface area contributed by atoms with Crippen LogP contribution in [0.3, 0.4) is 0 Å². The highest BCUT2D eigenvalue weighted by Crippen LogP contribution is 2.20. The summed E-state index contributed by atoms with van der Waals surface area (Å²) in [7, 11) is -3.19. The van der Waals surface area contributed by atoms with E-state index in [1.54, 1.807) is 30.5 Å². The Morgan fingerprint density at radius 3 is 2.33 bits per heavy atom. The minimum Gasteiger partial charge on any atom is -0.481 e. The van der Waals surface area contributed by atoms with Crippen molar-refractivity contribution in [3.05, 3.63) is 54.9 Å². The lowest BCUT2D eigenvalue weighted by atomic mass is 10.2. The van der Waals surface area contributed by atoms with Crippen molar-refractivity contribution in [3.63, 3.8) is 0 Å². The zero-order chi connectivity index (χ0) is 20.0. The van der Waals surface area contributed by atoms with E-state index in [4.69, 9.17) is 9.90 Å². The molecule has 27 heavy (non-hydrogen) atoms. The Morgan fingerprint density at radius 1 is 1.19 bits per heavy atom. The Hall–Kier alpha value is -2.94. The molecule has 0 unspecified atom stereocenters. The lowest BCUT2D eigenvalue weighted by Gasteiger charge is -2.07. The predicted molar refractivity (Wildman–Crippen MR) is 101 cm³/mol. The Balaban J connectivity index is 0.000000596. The highest BCUT2D eigenvalue weighted by Gasteiger charge is 2.10. The van der Waals surface area contributed by atoms with Gasteiger partial charge in [0.15, 0.2) is 9.84 Å². The van der Waals surface area contributed by atoms with Gasteiger partial charge in [-0.25, -0.2) is 18.4 Å². The van der Waals surface area contributed by atoms with Crippen LogP contribution in [0.4, 0.5) is 0 Å². The number of hydrogen-bond acceptors (Lipinski definition) is 5. The van der Waals surface area contributed by atoms with E-state index in [1.165, 1.54) is 6.26 Å². The molecule has 1 aromatic carbocycles. The third kappa shape index (κ3) is 5.78. The number of sulfone groups is 1. The van der Waals surface area contributed by atoms with Gasteiger partial charge >= 0.3 is 0 Å². The van der Waals surface area contributed by atoms with E-state index in [-0.39, 0.29) is 0 Å². The first-order chi connectivity index (χ1) is 12.7. The SMILES string of the molecule is CC(=O)O.CCn1cnc(Cn2ccnc2-c2ccc(S(C)(=O)=O)cc2)c1. The molecule has 0 bridgehead atoms. The van der Waals surface area contributed by atoms with E-state index in [0.717, 1.165) is 30.6 Å². The van der Waals surface area contributed by atoms with Crippen LogP contribution in [0.25, 0.3) is 11.4 Å². The van der Waals surface area contributed by atoms with Gasteiger partial charge in [0.05, 0.1) is 23.5 Å². The van der Waals surface area contributed by atoms with Gasteiger partial charge in [-0.3, -0.25) is 4.79 Å². The number of rotatable bonds is 5. The summed E-state index contributed by atoms with van der Waals surface area (Å²) in [5.74, 6) is -0.0453. The van der Waals surface area contributed by atoms with Crippen LogP contribution >= 0.6 is 0 Å². The van der Waals surface area contributed by atoms with Gasteiger partial charge in [-0.2, -0.15) is 0 Å². The Bertz CT molecular complexity index is 1000. The fourth-order valence-corrected chi connectivity index (χ4v) is 3.01. The minimum atomic E-state index is -3.19. The number of aliphatic carboxylic acids is 1. The van der Waals surface area contributed by atoms with E-state index < -0.39 is 15.8 Å². The van der Waals surface area contributed by atoms with Crippen molar-refractivity contribution < 1.29 is 18.3 Å². The molecule has 0 spiro atoms. The van der Waals surface area contributed by atoms with Crippen LogP contribution in [0.2, 0.25) is 0 Å². The summed E-state index contributed by atoms with van der Waals surface area (Å²) in [6.07, 6.45) is 8.65. The minimum absolute atomic E-state index is 0.307. The second-order valence-electron chi connectivity index (χ2n) is 5.89. The van der Waals surface area contributed by atoms with Gasteiger partial charge in [0, 0.05) is 43.9 Å². The molecule has 0 saturated heterocycles. The summed E-state index contributed by atoms with van der Waals surface area (Å²) in [5, 5.41) is 7.42. The van der Waals surface area contributed by atoms with Gasteiger partial charge < -0.3 is 14.2 Å². The third-order valence-electron chi connectivity index (χ3n) is 3.64. The maximum absolute atomic E-state index is 11.5. The summed E-state index contributed by atoms with van der Waals surface area (Å²) < 4.78 is 27.1. The quantitative estimate of drug-likeness (QED) is 0.716. The summed E-state index contributed by atoms with van der Waals surface area (Å²) in [6, 6.07) is 6.77. The van der Waals surface area contributed by atoms with Crippen molar-refractivity contribution >= 4 is 15.8 Å². The standard InChI is InChI=1S/C16H18N4O2S.C2H4O2/c1-3-19-10-14(18-12-19)11-20-9-8-17-16(20)13-4-6-15(7-5-13)23(2,21)22;1-2(3)4/h4-10,12H,3,11H2,1-2H3;1H3,(H,3,4). The fourth-order valence-electron chi connectivity index (χ4n) is 2.38. The average Bonchev–Trinajstić information content (AvgIpc) is 3.23. The number of carboxylic acid groups (broad SMARTS) is 1. The Morgan fingerprint density at radius 2 is 1.81 bits per heavy atom. The molecule has 0 aliphatic heterocycles. The second-order valence-corrected chi connectivity index (χ2v) is 7.91. The maximum Gasteiger partial charge on any atom is 0.300 e. The molecule has 0 aliphatic rings. The lowest BCUT2D eigenvalue weighted by Crippen LogP contribution is -2.02. The van der Waals surface area contributed by atoms with Crippen LogP contribution in [-0.4, -0.2) is 44.9 Å². The van der Waals surface area contributed by atoms with Gasteiger partial charge in [-0.1, -0.05) is 0 Å². The van der Waals surface area contributed by atoms with E-state index >= 15 is 0 Å². The van der Waals surface area contributed by atoms with Gasteiger partial charge in [0.25, 0.3) is 5.97 Å². The molecule has 0 fully saturated rings. The molecule has 3 rings (SSSR count). The molecule has 0 aliphatic carbocycles. The van der Waals surface area contributed by atoms with Crippen molar-refractivity contribution in [1.82, 2.24) is 19.1 Å². The van der Waals surface area contributed by atoms with Crippen LogP contribution in [-0.2, 0) is 27.7 Å². The lowest BCUT2D eigenvalue weighted by molar-refractivity contribution is -0.134. The maximum atomic E-state index is 11.5. The summed E-state index contributed by atoms with van der Waals surface area (Å²) >= 11 is 0. The van der Waals surface area contributed by atoms with Crippen molar-refractivity contribution in [1.29, 1.82) is 0 Å². The molecule has 0 atom stereocenters. The normalized spacial score (nSPS) is 10.9. The summed E-state index contributed by atoms with van der Waals surface area (Å²) in [5.41, 5.74) is 1.83. The summed E-state index contributed by atoms with van der Waals surface area (Å²) in [4.78, 5) is 18.1.